The fraction of sp³-hybridized carbons (Fsp3) is 0.0625. The number of nitrogens with zero attached hydrogens (tertiary/aromatic N) is 1. The van der Waals surface area contributed by atoms with Crippen LogP contribution < -0.4 is 5.32 Å². The number of rotatable bonds is 3. The molecular formula is C16H9Cl2FN2O3. The molecule has 8 heteroatoms. The number of carbonyl (C=O) groups is 3. The number of carbonyl (C=O) groups excluding carboxylic acids is 3. The molecule has 0 unspecified atom stereocenters. The van der Waals surface area contributed by atoms with Crippen LogP contribution in [0.3, 0.4) is 0 Å². The molecule has 5 nitrogen and oxygen atoms in total. The highest BCUT2D eigenvalue weighted by atomic mass is 35.5. The van der Waals surface area contributed by atoms with Crippen LogP contribution in [0.2, 0.25) is 10.0 Å². The van der Waals surface area contributed by atoms with Crippen LogP contribution in [0.5, 0.6) is 0 Å². The average molecular weight is 367 g/mol. The van der Waals surface area contributed by atoms with Crippen LogP contribution in [0, 0.1) is 5.82 Å². The fourth-order valence-corrected chi connectivity index (χ4v) is 2.79. The van der Waals surface area contributed by atoms with E-state index in [1.54, 1.807) is 6.07 Å². The van der Waals surface area contributed by atoms with Gasteiger partial charge in [0, 0.05) is 5.69 Å². The maximum absolute atomic E-state index is 13.1. The summed E-state index contributed by atoms with van der Waals surface area (Å²) in [6, 6.07) is 8.16. The minimum absolute atomic E-state index is 0.0850. The Balaban J connectivity index is 1.76. The lowest BCUT2D eigenvalue weighted by Gasteiger charge is -2.13. The van der Waals surface area contributed by atoms with E-state index in [1.165, 1.54) is 24.3 Å². The van der Waals surface area contributed by atoms with Crippen molar-refractivity contribution in [1.82, 2.24) is 4.90 Å². The first-order valence-corrected chi connectivity index (χ1v) is 7.53. The normalized spacial score (nSPS) is 13.2. The molecule has 3 rings (SSSR count). The first-order valence-electron chi connectivity index (χ1n) is 6.78. The molecular weight excluding hydrogens is 358 g/mol. The molecule has 0 radical (unpaired) electrons. The van der Waals surface area contributed by atoms with Gasteiger partial charge in [0.2, 0.25) is 5.91 Å². The highest BCUT2D eigenvalue weighted by Gasteiger charge is 2.38. The molecule has 0 saturated carbocycles. The summed E-state index contributed by atoms with van der Waals surface area (Å²) in [5.41, 5.74) is 0.493. The minimum Gasteiger partial charge on any atom is -0.324 e. The van der Waals surface area contributed by atoms with E-state index in [1.807, 2.05) is 0 Å². The van der Waals surface area contributed by atoms with E-state index in [2.05, 4.69) is 5.32 Å². The van der Waals surface area contributed by atoms with Crippen molar-refractivity contribution in [1.29, 1.82) is 0 Å². The topological polar surface area (TPSA) is 66.5 Å². The molecule has 1 aliphatic rings. The third-order valence-electron chi connectivity index (χ3n) is 3.45. The Morgan fingerprint density at radius 2 is 1.83 bits per heavy atom. The van der Waals surface area contributed by atoms with Crippen LogP contribution in [0.4, 0.5) is 10.1 Å². The van der Waals surface area contributed by atoms with Gasteiger partial charge in [0.05, 0.1) is 21.2 Å². The molecule has 2 aromatic carbocycles. The lowest BCUT2D eigenvalue weighted by atomic mass is 10.1. The number of hydrogen-bond donors (Lipinski definition) is 1. The third-order valence-corrected chi connectivity index (χ3v) is 4.06. The number of imide groups is 1. The highest BCUT2D eigenvalue weighted by molar-refractivity contribution is 6.37. The smallest absolute Gasteiger partial charge is 0.263 e. The summed E-state index contributed by atoms with van der Waals surface area (Å²) < 4.78 is 13.1. The second-order valence-electron chi connectivity index (χ2n) is 5.04. The zero-order chi connectivity index (χ0) is 17.4. The molecule has 0 spiro atoms. The van der Waals surface area contributed by atoms with Crippen LogP contribution in [-0.2, 0) is 4.79 Å². The Labute approximate surface area is 146 Å². The standard InChI is InChI=1S/C16H9Cl2FN2O3/c17-10-3-1-2-9-14(10)16(24)21(15(9)23)7-13(22)20-8-4-5-12(19)11(18)6-8/h1-6H,7H2,(H,20,22). The molecule has 1 N–H and O–H groups in total. The third kappa shape index (κ3) is 2.86. The number of nitrogens with one attached hydrogen (secondary N) is 1. The second kappa shape index (κ2) is 6.22. The number of fused-ring (bicyclic) bond motifs is 1. The van der Waals surface area contributed by atoms with Crippen LogP contribution >= 0.6 is 23.2 Å². The molecule has 24 heavy (non-hydrogen) atoms. The predicted octanol–water partition coefficient (Wildman–Crippen LogP) is 3.37. The first-order chi connectivity index (χ1) is 11.4. The first kappa shape index (κ1) is 16.4. The van der Waals surface area contributed by atoms with E-state index in [0.29, 0.717) is 0 Å². The van der Waals surface area contributed by atoms with Gasteiger partial charge in [0.25, 0.3) is 11.8 Å². The van der Waals surface area contributed by atoms with Crippen LogP contribution in [-0.4, -0.2) is 29.2 Å². The Bertz CT molecular complexity index is 886. The molecule has 1 heterocycles. The molecule has 0 atom stereocenters. The number of amides is 3. The van der Waals surface area contributed by atoms with E-state index in [4.69, 9.17) is 23.2 Å². The summed E-state index contributed by atoms with van der Waals surface area (Å²) >= 11 is 11.6. The monoisotopic (exact) mass is 366 g/mol. The van der Waals surface area contributed by atoms with Gasteiger partial charge in [-0.3, -0.25) is 19.3 Å². The van der Waals surface area contributed by atoms with Crippen molar-refractivity contribution < 1.29 is 18.8 Å². The van der Waals surface area contributed by atoms with Crippen molar-refractivity contribution in [2.24, 2.45) is 0 Å². The van der Waals surface area contributed by atoms with Gasteiger partial charge in [-0.05, 0) is 30.3 Å². The Morgan fingerprint density at radius 1 is 1.08 bits per heavy atom. The Kier molecular flexibility index (Phi) is 4.26. The van der Waals surface area contributed by atoms with Crippen molar-refractivity contribution >= 4 is 46.6 Å². The molecule has 0 saturated heterocycles. The summed E-state index contributed by atoms with van der Waals surface area (Å²) in [6.07, 6.45) is 0. The van der Waals surface area contributed by atoms with E-state index >= 15 is 0 Å². The quantitative estimate of drug-likeness (QED) is 0.846. The van der Waals surface area contributed by atoms with E-state index in [9.17, 15) is 18.8 Å². The molecule has 2 aromatic rings. The van der Waals surface area contributed by atoms with E-state index in [0.717, 1.165) is 11.0 Å². The van der Waals surface area contributed by atoms with Crippen LogP contribution in [0.25, 0.3) is 0 Å². The lowest BCUT2D eigenvalue weighted by Crippen LogP contribution is -2.37. The molecule has 0 bridgehead atoms. The van der Waals surface area contributed by atoms with Crippen molar-refractivity contribution in [3.8, 4) is 0 Å². The predicted molar refractivity (Wildman–Crippen MR) is 86.9 cm³/mol. The van der Waals surface area contributed by atoms with Gasteiger partial charge in [-0.25, -0.2) is 4.39 Å². The summed E-state index contributed by atoms with van der Waals surface area (Å²) in [5.74, 6) is -2.47. The van der Waals surface area contributed by atoms with Crippen molar-refractivity contribution in [3.63, 3.8) is 0 Å². The zero-order valence-corrected chi connectivity index (χ0v) is 13.5. The highest BCUT2D eigenvalue weighted by Crippen LogP contribution is 2.29. The van der Waals surface area contributed by atoms with Crippen LogP contribution in [0.1, 0.15) is 20.7 Å². The van der Waals surface area contributed by atoms with Gasteiger partial charge in [-0.2, -0.15) is 0 Å². The van der Waals surface area contributed by atoms with Gasteiger partial charge in [0.15, 0.2) is 0 Å². The minimum atomic E-state index is -0.632. The summed E-state index contributed by atoms with van der Waals surface area (Å²) in [5, 5.41) is 2.45. The number of anilines is 1. The summed E-state index contributed by atoms with van der Waals surface area (Å²) in [6.45, 7) is -0.488. The molecule has 3 amide bonds. The van der Waals surface area contributed by atoms with Crippen molar-refractivity contribution in [2.75, 3.05) is 11.9 Å². The second-order valence-corrected chi connectivity index (χ2v) is 5.85. The summed E-state index contributed by atoms with van der Waals surface area (Å²) in [7, 11) is 0. The van der Waals surface area contributed by atoms with Gasteiger partial charge in [-0.15, -0.1) is 0 Å². The lowest BCUT2D eigenvalue weighted by molar-refractivity contribution is -0.116. The van der Waals surface area contributed by atoms with Crippen LogP contribution in [0.15, 0.2) is 36.4 Å². The van der Waals surface area contributed by atoms with Crippen molar-refractivity contribution in [3.05, 3.63) is 63.4 Å². The molecule has 0 aromatic heterocycles. The van der Waals surface area contributed by atoms with E-state index in [-0.39, 0.29) is 26.9 Å². The number of halogens is 3. The average Bonchev–Trinajstić information content (AvgIpc) is 2.77. The van der Waals surface area contributed by atoms with E-state index < -0.39 is 30.1 Å². The SMILES string of the molecule is O=C(CN1C(=O)c2cccc(Cl)c2C1=O)Nc1ccc(F)c(Cl)c1. The van der Waals surface area contributed by atoms with Gasteiger partial charge in [0.1, 0.15) is 12.4 Å². The largest absolute Gasteiger partial charge is 0.324 e. The number of benzene rings is 2. The Hall–Kier alpha value is -2.44. The maximum Gasteiger partial charge on any atom is 0.263 e. The van der Waals surface area contributed by atoms with Gasteiger partial charge >= 0.3 is 0 Å². The summed E-state index contributed by atoms with van der Waals surface area (Å²) in [4.78, 5) is 37.4. The maximum atomic E-state index is 13.1. The zero-order valence-electron chi connectivity index (χ0n) is 12.0. The number of hydrogen-bond acceptors (Lipinski definition) is 3. The molecule has 1 aliphatic heterocycles. The van der Waals surface area contributed by atoms with Gasteiger partial charge in [-0.1, -0.05) is 29.3 Å². The van der Waals surface area contributed by atoms with Crippen molar-refractivity contribution in [2.45, 2.75) is 0 Å². The molecule has 122 valence electrons. The molecule has 0 fully saturated rings. The molecule has 0 aliphatic carbocycles. The fourth-order valence-electron chi connectivity index (χ4n) is 2.35. The Morgan fingerprint density at radius 3 is 2.50 bits per heavy atom. The van der Waals surface area contributed by atoms with Gasteiger partial charge < -0.3 is 5.32 Å².